The summed E-state index contributed by atoms with van der Waals surface area (Å²) in [7, 11) is 0. The first-order valence-electron chi connectivity index (χ1n) is 7.68. The van der Waals surface area contributed by atoms with Crippen LogP contribution in [-0.2, 0) is 4.74 Å². The molecule has 2 aromatic carbocycles. The molecule has 0 saturated heterocycles. The van der Waals surface area contributed by atoms with Crippen LogP contribution in [0.2, 0.25) is 5.82 Å². The van der Waals surface area contributed by atoms with Gasteiger partial charge in [-0.2, -0.15) is 0 Å². The van der Waals surface area contributed by atoms with E-state index >= 15 is 0 Å². The minimum atomic E-state index is -0.181. The predicted octanol–water partition coefficient (Wildman–Crippen LogP) is 4.41. The van der Waals surface area contributed by atoms with Gasteiger partial charge in [-0.3, -0.25) is 0 Å². The molecular formula is C20H17FOSe. The zero-order valence-corrected chi connectivity index (χ0v) is 14.6. The zero-order valence-electron chi connectivity index (χ0n) is 12.9. The standard InChI is InChI=1S/C20H17FOSe/c1-23-17-12-22-11-16-18(13-5-3-2-4-6-13)19(20(16)17)14-7-9-15(21)10-8-14/h2-10,19H,11-12H2,1H3. The molecule has 0 aromatic heterocycles. The Bertz CT molecular complexity index is 790. The van der Waals surface area contributed by atoms with Gasteiger partial charge in [0.25, 0.3) is 0 Å². The van der Waals surface area contributed by atoms with Gasteiger partial charge in [0.05, 0.1) is 0 Å². The van der Waals surface area contributed by atoms with Gasteiger partial charge in [-0.15, -0.1) is 0 Å². The topological polar surface area (TPSA) is 9.23 Å². The molecule has 1 unspecified atom stereocenters. The number of fused-ring (bicyclic) bond motifs is 1. The summed E-state index contributed by atoms with van der Waals surface area (Å²) >= 11 is 0.432. The van der Waals surface area contributed by atoms with Crippen LogP contribution in [0.3, 0.4) is 0 Å². The van der Waals surface area contributed by atoms with Gasteiger partial charge in [0, 0.05) is 0 Å². The molecule has 116 valence electrons. The van der Waals surface area contributed by atoms with Crippen LogP contribution in [-0.4, -0.2) is 28.2 Å². The fraction of sp³-hybridized carbons (Fsp3) is 0.200. The molecule has 0 bridgehead atoms. The van der Waals surface area contributed by atoms with Gasteiger partial charge in [0.15, 0.2) is 0 Å². The number of benzene rings is 2. The van der Waals surface area contributed by atoms with Crippen LogP contribution in [0, 0.1) is 5.82 Å². The SMILES string of the molecule is C[Se]C1=C2C(=C(c3ccccc3)C2c2ccc(F)cc2)COC1. The first-order chi connectivity index (χ1) is 11.3. The predicted molar refractivity (Wildman–Crippen MR) is 92.0 cm³/mol. The molecule has 4 rings (SSSR count). The molecule has 1 nitrogen and oxygen atoms in total. The van der Waals surface area contributed by atoms with Crippen LogP contribution < -0.4 is 0 Å². The van der Waals surface area contributed by atoms with Gasteiger partial charge in [-0.25, -0.2) is 0 Å². The van der Waals surface area contributed by atoms with Crippen molar-refractivity contribution in [2.45, 2.75) is 11.7 Å². The average Bonchev–Trinajstić information content (AvgIpc) is 2.58. The first kappa shape index (κ1) is 14.9. The van der Waals surface area contributed by atoms with Crippen LogP contribution in [0.4, 0.5) is 4.39 Å². The molecule has 0 fully saturated rings. The Morgan fingerprint density at radius 3 is 2.39 bits per heavy atom. The maximum atomic E-state index is 13.3. The number of hydrogen-bond donors (Lipinski definition) is 0. The molecule has 1 atom stereocenters. The summed E-state index contributed by atoms with van der Waals surface area (Å²) in [6.45, 7) is 1.44. The summed E-state index contributed by atoms with van der Waals surface area (Å²) in [5.41, 5.74) is 6.55. The summed E-state index contributed by atoms with van der Waals surface area (Å²) in [5.74, 6) is 2.32. The molecule has 23 heavy (non-hydrogen) atoms. The molecule has 0 spiro atoms. The van der Waals surface area contributed by atoms with E-state index in [4.69, 9.17) is 4.74 Å². The van der Waals surface area contributed by atoms with E-state index in [2.05, 4.69) is 30.1 Å². The van der Waals surface area contributed by atoms with Crippen molar-refractivity contribution >= 4 is 20.5 Å². The molecule has 0 N–H and O–H groups in total. The zero-order chi connectivity index (χ0) is 15.8. The Hall–Kier alpha value is -1.67. The number of halogens is 1. The summed E-state index contributed by atoms with van der Waals surface area (Å²) in [4.78, 5) is 0. The minimum absolute atomic E-state index is 0.181. The first-order valence-corrected chi connectivity index (χ1v) is 10.3. The summed E-state index contributed by atoms with van der Waals surface area (Å²) in [5, 5.41) is 0. The summed E-state index contributed by atoms with van der Waals surface area (Å²) in [6.07, 6.45) is 0. The van der Waals surface area contributed by atoms with Gasteiger partial charge in [0.2, 0.25) is 0 Å². The van der Waals surface area contributed by atoms with E-state index in [0.717, 1.165) is 6.61 Å². The van der Waals surface area contributed by atoms with Gasteiger partial charge >= 0.3 is 142 Å². The Balaban J connectivity index is 1.88. The third kappa shape index (κ3) is 2.49. The molecule has 0 radical (unpaired) electrons. The Morgan fingerprint density at radius 2 is 1.70 bits per heavy atom. The third-order valence-electron chi connectivity index (χ3n) is 4.54. The van der Waals surface area contributed by atoms with Gasteiger partial charge in [-0.1, -0.05) is 0 Å². The van der Waals surface area contributed by atoms with Gasteiger partial charge in [0.1, 0.15) is 0 Å². The number of allylic oxidation sites excluding steroid dienone is 1. The second-order valence-electron chi connectivity index (χ2n) is 5.78. The van der Waals surface area contributed by atoms with Crippen molar-refractivity contribution in [2.75, 3.05) is 13.2 Å². The molecule has 1 aliphatic carbocycles. The van der Waals surface area contributed by atoms with E-state index in [1.807, 2.05) is 18.2 Å². The molecule has 0 amide bonds. The quantitative estimate of drug-likeness (QED) is 0.726. The van der Waals surface area contributed by atoms with E-state index in [9.17, 15) is 4.39 Å². The number of rotatable bonds is 3. The molecule has 0 saturated carbocycles. The van der Waals surface area contributed by atoms with Crippen molar-refractivity contribution < 1.29 is 9.13 Å². The van der Waals surface area contributed by atoms with Crippen molar-refractivity contribution in [1.82, 2.24) is 0 Å². The van der Waals surface area contributed by atoms with E-state index in [1.165, 1.54) is 32.3 Å². The second-order valence-corrected chi connectivity index (χ2v) is 7.67. The fourth-order valence-corrected chi connectivity index (χ4v) is 4.87. The van der Waals surface area contributed by atoms with E-state index < -0.39 is 0 Å². The normalized spacial score (nSPS) is 20.3. The third-order valence-corrected chi connectivity index (χ3v) is 6.28. The molecule has 2 aromatic rings. The van der Waals surface area contributed by atoms with Gasteiger partial charge in [-0.05, 0) is 0 Å². The van der Waals surface area contributed by atoms with Crippen LogP contribution in [0.5, 0.6) is 0 Å². The van der Waals surface area contributed by atoms with E-state index in [0.29, 0.717) is 21.6 Å². The van der Waals surface area contributed by atoms with Crippen molar-refractivity contribution in [3.8, 4) is 0 Å². The Kier molecular flexibility index (Phi) is 3.94. The molecule has 1 aliphatic heterocycles. The number of hydrogen-bond acceptors (Lipinski definition) is 1. The van der Waals surface area contributed by atoms with Crippen molar-refractivity contribution in [2.24, 2.45) is 0 Å². The van der Waals surface area contributed by atoms with Crippen LogP contribution in [0.1, 0.15) is 17.0 Å². The van der Waals surface area contributed by atoms with E-state index in [-0.39, 0.29) is 11.7 Å². The van der Waals surface area contributed by atoms with Crippen molar-refractivity contribution in [3.63, 3.8) is 0 Å². The van der Waals surface area contributed by atoms with Crippen LogP contribution >= 0.6 is 0 Å². The summed E-state index contributed by atoms with van der Waals surface area (Å²) < 4.78 is 20.6. The second kappa shape index (κ2) is 6.09. The monoisotopic (exact) mass is 372 g/mol. The van der Waals surface area contributed by atoms with Crippen LogP contribution in [0.15, 0.2) is 70.2 Å². The molecule has 3 heteroatoms. The van der Waals surface area contributed by atoms with Gasteiger partial charge < -0.3 is 0 Å². The number of ether oxygens (including phenoxy) is 1. The van der Waals surface area contributed by atoms with E-state index in [1.54, 1.807) is 12.1 Å². The van der Waals surface area contributed by atoms with Crippen molar-refractivity contribution in [3.05, 3.63) is 87.2 Å². The van der Waals surface area contributed by atoms with Crippen LogP contribution in [0.25, 0.3) is 5.57 Å². The van der Waals surface area contributed by atoms with Crippen molar-refractivity contribution in [1.29, 1.82) is 0 Å². The molecule has 1 heterocycles. The molecular weight excluding hydrogens is 354 g/mol. The molecule has 2 aliphatic rings. The maximum absolute atomic E-state index is 13.3. The fourth-order valence-electron chi connectivity index (χ4n) is 3.48. The Morgan fingerprint density at radius 1 is 0.957 bits per heavy atom. The summed E-state index contributed by atoms with van der Waals surface area (Å²) in [6, 6.07) is 17.4. The Labute approximate surface area is 142 Å². The average molecular weight is 371 g/mol.